The lowest BCUT2D eigenvalue weighted by atomic mass is 10.1. The molecule has 1 atom stereocenters. The van der Waals surface area contributed by atoms with Crippen molar-refractivity contribution in [2.75, 3.05) is 0 Å². The summed E-state index contributed by atoms with van der Waals surface area (Å²) >= 11 is 3.46. The van der Waals surface area contributed by atoms with Crippen molar-refractivity contribution in [3.05, 3.63) is 58.1 Å². The van der Waals surface area contributed by atoms with E-state index in [2.05, 4.69) is 35.0 Å². The fourth-order valence-corrected chi connectivity index (χ4v) is 2.26. The maximum absolute atomic E-state index is 9.52. The fourth-order valence-electron chi connectivity index (χ4n) is 1.78. The van der Waals surface area contributed by atoms with E-state index < -0.39 is 6.10 Å². The molecule has 0 aliphatic carbocycles. The minimum Gasteiger partial charge on any atom is -0.456 e. The summed E-state index contributed by atoms with van der Waals surface area (Å²) in [6.45, 7) is 3.87. The second-order valence-corrected chi connectivity index (χ2v) is 5.32. The standard InChI is InChI=1S/C16H17BrO2/c1-3-12-4-7-14(8-5-12)19-16-9-6-13(11(2)18)10-15(16)17/h4-11,18H,3H2,1-2H3/t11-/m0/s1. The van der Waals surface area contributed by atoms with Gasteiger partial charge in [-0.05, 0) is 64.7 Å². The maximum Gasteiger partial charge on any atom is 0.141 e. The molecule has 0 spiro atoms. The van der Waals surface area contributed by atoms with Crippen molar-refractivity contribution in [3.63, 3.8) is 0 Å². The fraction of sp³-hybridized carbons (Fsp3) is 0.250. The van der Waals surface area contributed by atoms with Crippen LogP contribution >= 0.6 is 15.9 Å². The van der Waals surface area contributed by atoms with Gasteiger partial charge in [0.2, 0.25) is 0 Å². The molecule has 0 bridgehead atoms. The Morgan fingerprint density at radius 1 is 1.16 bits per heavy atom. The molecule has 0 radical (unpaired) electrons. The Bertz CT molecular complexity index is 547. The molecule has 2 aromatic rings. The zero-order valence-corrected chi connectivity index (χ0v) is 12.6. The number of ether oxygens (including phenoxy) is 1. The van der Waals surface area contributed by atoms with Gasteiger partial charge >= 0.3 is 0 Å². The lowest BCUT2D eigenvalue weighted by molar-refractivity contribution is 0.199. The van der Waals surface area contributed by atoms with Crippen molar-refractivity contribution >= 4 is 15.9 Å². The van der Waals surface area contributed by atoms with Crippen molar-refractivity contribution in [1.82, 2.24) is 0 Å². The van der Waals surface area contributed by atoms with E-state index >= 15 is 0 Å². The topological polar surface area (TPSA) is 29.5 Å². The van der Waals surface area contributed by atoms with Gasteiger partial charge < -0.3 is 9.84 Å². The molecule has 19 heavy (non-hydrogen) atoms. The minimum absolute atomic E-state index is 0.478. The lowest BCUT2D eigenvalue weighted by Crippen LogP contribution is -1.92. The monoisotopic (exact) mass is 320 g/mol. The molecule has 0 aromatic heterocycles. The predicted octanol–water partition coefficient (Wildman–Crippen LogP) is 4.86. The van der Waals surface area contributed by atoms with Crippen LogP contribution in [0.15, 0.2) is 46.9 Å². The highest BCUT2D eigenvalue weighted by Gasteiger charge is 2.07. The van der Waals surface area contributed by atoms with Gasteiger partial charge in [-0.3, -0.25) is 0 Å². The van der Waals surface area contributed by atoms with Gasteiger partial charge in [0.1, 0.15) is 11.5 Å². The number of halogens is 1. The molecule has 3 heteroatoms. The van der Waals surface area contributed by atoms with Crippen LogP contribution in [-0.2, 0) is 6.42 Å². The summed E-state index contributed by atoms with van der Waals surface area (Å²) in [5, 5.41) is 9.52. The van der Waals surface area contributed by atoms with Crippen molar-refractivity contribution in [3.8, 4) is 11.5 Å². The molecule has 0 saturated carbocycles. The predicted molar refractivity (Wildman–Crippen MR) is 80.7 cm³/mol. The Morgan fingerprint density at radius 3 is 2.37 bits per heavy atom. The molecule has 0 unspecified atom stereocenters. The number of rotatable bonds is 4. The van der Waals surface area contributed by atoms with Crippen molar-refractivity contribution in [1.29, 1.82) is 0 Å². The molecule has 0 fully saturated rings. The van der Waals surface area contributed by atoms with E-state index in [1.54, 1.807) is 6.92 Å². The molecular formula is C16H17BrO2. The molecule has 0 aliphatic heterocycles. The smallest absolute Gasteiger partial charge is 0.141 e. The van der Waals surface area contributed by atoms with Crippen LogP contribution < -0.4 is 4.74 Å². The van der Waals surface area contributed by atoms with Crippen LogP contribution in [0.4, 0.5) is 0 Å². The van der Waals surface area contributed by atoms with Crippen LogP contribution in [0.25, 0.3) is 0 Å². The summed E-state index contributed by atoms with van der Waals surface area (Å²) in [4.78, 5) is 0. The molecule has 0 amide bonds. The Balaban J connectivity index is 2.18. The van der Waals surface area contributed by atoms with E-state index in [-0.39, 0.29) is 0 Å². The van der Waals surface area contributed by atoms with Gasteiger partial charge in [-0.15, -0.1) is 0 Å². The van der Waals surface area contributed by atoms with Gasteiger partial charge in [0.15, 0.2) is 0 Å². The van der Waals surface area contributed by atoms with Crippen LogP contribution in [0, 0.1) is 0 Å². The van der Waals surface area contributed by atoms with Gasteiger partial charge in [0.25, 0.3) is 0 Å². The van der Waals surface area contributed by atoms with E-state index in [9.17, 15) is 5.11 Å². The third kappa shape index (κ3) is 3.58. The molecule has 0 aliphatic rings. The average Bonchev–Trinajstić information content (AvgIpc) is 2.41. The summed E-state index contributed by atoms with van der Waals surface area (Å²) in [7, 11) is 0. The Morgan fingerprint density at radius 2 is 1.84 bits per heavy atom. The largest absolute Gasteiger partial charge is 0.456 e. The third-order valence-corrected chi connectivity index (χ3v) is 3.62. The maximum atomic E-state index is 9.52. The van der Waals surface area contributed by atoms with Crippen molar-refractivity contribution < 1.29 is 9.84 Å². The normalized spacial score (nSPS) is 12.2. The Hall–Kier alpha value is -1.32. The van der Waals surface area contributed by atoms with E-state index in [0.717, 1.165) is 28.0 Å². The van der Waals surface area contributed by atoms with Crippen LogP contribution in [0.3, 0.4) is 0 Å². The van der Waals surface area contributed by atoms with E-state index in [0.29, 0.717) is 0 Å². The van der Waals surface area contributed by atoms with E-state index in [1.165, 1.54) is 5.56 Å². The summed E-state index contributed by atoms with van der Waals surface area (Å²) in [6, 6.07) is 13.7. The summed E-state index contributed by atoms with van der Waals surface area (Å²) in [5.74, 6) is 1.55. The first-order valence-corrected chi connectivity index (χ1v) is 7.13. The molecule has 100 valence electrons. The summed E-state index contributed by atoms with van der Waals surface area (Å²) in [5.41, 5.74) is 2.15. The number of hydrogen-bond donors (Lipinski definition) is 1. The zero-order chi connectivity index (χ0) is 13.8. The number of aryl methyl sites for hydroxylation is 1. The van der Waals surface area contributed by atoms with Gasteiger partial charge in [-0.2, -0.15) is 0 Å². The van der Waals surface area contributed by atoms with Gasteiger partial charge in [-0.25, -0.2) is 0 Å². The highest BCUT2D eigenvalue weighted by atomic mass is 79.9. The first-order chi connectivity index (χ1) is 9.10. The molecule has 2 aromatic carbocycles. The van der Waals surface area contributed by atoms with E-state index in [4.69, 9.17) is 4.74 Å². The Kier molecular flexibility index (Phi) is 4.61. The van der Waals surface area contributed by atoms with Crippen LogP contribution in [0.5, 0.6) is 11.5 Å². The first kappa shape index (κ1) is 14.1. The van der Waals surface area contributed by atoms with Crippen LogP contribution in [0.2, 0.25) is 0 Å². The molecule has 0 saturated heterocycles. The third-order valence-electron chi connectivity index (χ3n) is 3.00. The van der Waals surface area contributed by atoms with Crippen LogP contribution in [-0.4, -0.2) is 5.11 Å². The van der Waals surface area contributed by atoms with Crippen molar-refractivity contribution in [2.24, 2.45) is 0 Å². The molecule has 1 N–H and O–H groups in total. The van der Waals surface area contributed by atoms with Gasteiger partial charge in [-0.1, -0.05) is 25.1 Å². The van der Waals surface area contributed by atoms with Crippen molar-refractivity contribution in [2.45, 2.75) is 26.4 Å². The highest BCUT2D eigenvalue weighted by Crippen LogP contribution is 2.32. The van der Waals surface area contributed by atoms with Crippen LogP contribution in [0.1, 0.15) is 31.1 Å². The quantitative estimate of drug-likeness (QED) is 0.871. The molecule has 0 heterocycles. The SMILES string of the molecule is CCc1ccc(Oc2ccc([C@H](C)O)cc2Br)cc1. The second-order valence-electron chi connectivity index (χ2n) is 4.47. The number of benzene rings is 2. The molecule has 2 nitrogen and oxygen atoms in total. The zero-order valence-electron chi connectivity index (χ0n) is 11.1. The van der Waals surface area contributed by atoms with Gasteiger partial charge in [0.05, 0.1) is 10.6 Å². The highest BCUT2D eigenvalue weighted by molar-refractivity contribution is 9.10. The van der Waals surface area contributed by atoms with E-state index in [1.807, 2.05) is 30.3 Å². The first-order valence-electron chi connectivity index (χ1n) is 6.34. The number of aliphatic hydroxyl groups excluding tert-OH is 1. The minimum atomic E-state index is -0.478. The molecule has 2 rings (SSSR count). The Labute approximate surface area is 122 Å². The average molecular weight is 321 g/mol. The second kappa shape index (κ2) is 6.22. The summed E-state index contributed by atoms with van der Waals surface area (Å²) in [6.07, 6.45) is 0.543. The van der Waals surface area contributed by atoms with Gasteiger partial charge in [0, 0.05) is 0 Å². The number of aliphatic hydroxyl groups is 1. The lowest BCUT2D eigenvalue weighted by Gasteiger charge is -2.11. The molecular weight excluding hydrogens is 304 g/mol. The summed E-state index contributed by atoms with van der Waals surface area (Å²) < 4.78 is 6.65. The number of hydrogen-bond acceptors (Lipinski definition) is 2.